The third-order valence-corrected chi connectivity index (χ3v) is 5.02. The maximum Gasteiger partial charge on any atom is 0.339 e. The SMILES string of the molecule is CC[C@@H](C)c1ccccc1NC(=O)[C@@H](C)OC(=O)c1cccc2ccccc12. The van der Waals surface area contributed by atoms with Gasteiger partial charge in [-0.2, -0.15) is 0 Å². The van der Waals surface area contributed by atoms with Crippen LogP contribution in [0.4, 0.5) is 5.69 Å². The Kier molecular flexibility index (Phi) is 6.09. The van der Waals surface area contributed by atoms with Gasteiger partial charge in [-0.25, -0.2) is 4.79 Å². The lowest BCUT2D eigenvalue weighted by molar-refractivity contribution is -0.123. The summed E-state index contributed by atoms with van der Waals surface area (Å²) in [5.41, 5.74) is 2.29. The summed E-state index contributed by atoms with van der Waals surface area (Å²) in [7, 11) is 0. The Morgan fingerprint density at radius 1 is 0.929 bits per heavy atom. The summed E-state index contributed by atoms with van der Waals surface area (Å²) in [5.74, 6) is -0.524. The fourth-order valence-corrected chi connectivity index (χ4v) is 3.18. The van der Waals surface area contributed by atoms with Crippen molar-refractivity contribution in [2.45, 2.75) is 39.2 Å². The molecule has 0 aliphatic rings. The average Bonchev–Trinajstić information content (AvgIpc) is 2.73. The zero-order chi connectivity index (χ0) is 20.1. The number of fused-ring (bicyclic) bond motifs is 1. The maximum absolute atomic E-state index is 12.6. The molecule has 0 bridgehead atoms. The second-order valence-corrected chi connectivity index (χ2v) is 6.96. The molecule has 28 heavy (non-hydrogen) atoms. The molecule has 1 amide bonds. The summed E-state index contributed by atoms with van der Waals surface area (Å²) in [6.07, 6.45) is 0.0647. The highest BCUT2D eigenvalue weighted by Crippen LogP contribution is 2.27. The van der Waals surface area contributed by atoms with E-state index < -0.39 is 12.1 Å². The highest BCUT2D eigenvalue weighted by molar-refractivity contribution is 6.05. The van der Waals surface area contributed by atoms with Gasteiger partial charge in [0.1, 0.15) is 0 Å². The molecular weight excluding hydrogens is 350 g/mol. The van der Waals surface area contributed by atoms with E-state index in [1.807, 2.05) is 60.7 Å². The van der Waals surface area contributed by atoms with Gasteiger partial charge in [-0.1, -0.05) is 68.4 Å². The first-order valence-electron chi connectivity index (χ1n) is 9.59. The fraction of sp³-hybridized carbons (Fsp3) is 0.250. The molecule has 3 aromatic rings. The van der Waals surface area contributed by atoms with Crippen molar-refractivity contribution in [1.82, 2.24) is 0 Å². The van der Waals surface area contributed by atoms with Crippen molar-refractivity contribution < 1.29 is 14.3 Å². The minimum atomic E-state index is -0.906. The van der Waals surface area contributed by atoms with Gasteiger partial charge in [-0.15, -0.1) is 0 Å². The number of ether oxygens (including phenoxy) is 1. The molecule has 0 aromatic heterocycles. The normalized spacial score (nSPS) is 13.0. The molecule has 3 aromatic carbocycles. The number of esters is 1. The molecule has 0 saturated carbocycles. The van der Waals surface area contributed by atoms with E-state index in [0.29, 0.717) is 11.5 Å². The molecule has 0 aliphatic heterocycles. The van der Waals surface area contributed by atoms with Gasteiger partial charge in [0.05, 0.1) is 5.56 Å². The van der Waals surface area contributed by atoms with Crippen molar-refractivity contribution in [2.24, 2.45) is 0 Å². The van der Waals surface area contributed by atoms with Crippen molar-refractivity contribution >= 4 is 28.3 Å². The number of rotatable bonds is 6. The molecule has 4 nitrogen and oxygen atoms in total. The van der Waals surface area contributed by atoms with Crippen molar-refractivity contribution in [3.63, 3.8) is 0 Å². The zero-order valence-electron chi connectivity index (χ0n) is 16.4. The summed E-state index contributed by atoms with van der Waals surface area (Å²) in [5, 5.41) is 4.67. The lowest BCUT2D eigenvalue weighted by Gasteiger charge is -2.18. The van der Waals surface area contributed by atoms with Gasteiger partial charge in [0.2, 0.25) is 0 Å². The first-order valence-corrected chi connectivity index (χ1v) is 9.59. The number of hydrogen-bond donors (Lipinski definition) is 1. The molecule has 0 saturated heterocycles. The van der Waals surface area contributed by atoms with E-state index in [1.165, 1.54) is 0 Å². The molecule has 0 unspecified atom stereocenters. The quantitative estimate of drug-likeness (QED) is 0.576. The summed E-state index contributed by atoms with van der Waals surface area (Å²) in [4.78, 5) is 25.3. The third-order valence-electron chi connectivity index (χ3n) is 5.02. The van der Waals surface area contributed by atoms with E-state index in [9.17, 15) is 9.59 Å². The Balaban J connectivity index is 1.73. The maximum atomic E-state index is 12.6. The number of benzene rings is 3. The van der Waals surface area contributed by atoms with E-state index in [0.717, 1.165) is 28.4 Å². The van der Waals surface area contributed by atoms with Crippen LogP contribution in [0.1, 0.15) is 49.0 Å². The van der Waals surface area contributed by atoms with Crippen LogP contribution in [0.5, 0.6) is 0 Å². The van der Waals surface area contributed by atoms with Crippen LogP contribution in [0.25, 0.3) is 10.8 Å². The van der Waals surface area contributed by atoms with Gasteiger partial charge in [-0.3, -0.25) is 4.79 Å². The second-order valence-electron chi connectivity index (χ2n) is 6.96. The molecule has 0 heterocycles. The van der Waals surface area contributed by atoms with Gasteiger partial charge >= 0.3 is 5.97 Å². The van der Waals surface area contributed by atoms with Crippen LogP contribution in [0, 0.1) is 0 Å². The Morgan fingerprint density at radius 3 is 2.39 bits per heavy atom. The van der Waals surface area contributed by atoms with E-state index >= 15 is 0 Å². The number of para-hydroxylation sites is 1. The first-order chi connectivity index (χ1) is 13.5. The Morgan fingerprint density at radius 2 is 1.61 bits per heavy atom. The Bertz CT molecular complexity index is 991. The molecule has 1 N–H and O–H groups in total. The molecule has 0 spiro atoms. The van der Waals surface area contributed by atoms with Gasteiger partial charge in [-0.05, 0) is 47.7 Å². The lowest BCUT2D eigenvalue weighted by atomic mass is 9.97. The van der Waals surface area contributed by atoms with Gasteiger partial charge in [0.25, 0.3) is 5.91 Å². The van der Waals surface area contributed by atoms with Gasteiger partial charge in [0.15, 0.2) is 6.10 Å². The van der Waals surface area contributed by atoms with Crippen molar-refractivity contribution in [3.8, 4) is 0 Å². The smallest absolute Gasteiger partial charge is 0.339 e. The highest BCUT2D eigenvalue weighted by Gasteiger charge is 2.21. The summed E-state index contributed by atoms with van der Waals surface area (Å²) in [6.45, 7) is 5.82. The minimum absolute atomic E-state index is 0.324. The molecular formula is C24H25NO3. The van der Waals surface area contributed by atoms with Crippen LogP contribution in [-0.2, 0) is 9.53 Å². The third kappa shape index (κ3) is 4.22. The van der Waals surface area contributed by atoms with Crippen LogP contribution in [-0.4, -0.2) is 18.0 Å². The number of amides is 1. The van der Waals surface area contributed by atoms with E-state index in [1.54, 1.807) is 13.0 Å². The Labute approximate surface area is 165 Å². The number of carbonyl (C=O) groups excluding carboxylic acids is 2. The lowest BCUT2D eigenvalue weighted by Crippen LogP contribution is -2.30. The topological polar surface area (TPSA) is 55.4 Å². The van der Waals surface area contributed by atoms with Crippen LogP contribution in [0.2, 0.25) is 0 Å². The minimum Gasteiger partial charge on any atom is -0.449 e. The average molecular weight is 375 g/mol. The van der Waals surface area contributed by atoms with Gasteiger partial charge < -0.3 is 10.1 Å². The largest absolute Gasteiger partial charge is 0.449 e. The molecule has 2 atom stereocenters. The number of carbonyl (C=O) groups is 2. The van der Waals surface area contributed by atoms with Crippen LogP contribution in [0.3, 0.4) is 0 Å². The molecule has 4 heteroatoms. The van der Waals surface area contributed by atoms with Crippen LogP contribution in [0.15, 0.2) is 66.7 Å². The Hall–Kier alpha value is -3.14. The first kappa shape index (κ1) is 19.6. The number of nitrogens with one attached hydrogen (secondary N) is 1. The van der Waals surface area contributed by atoms with E-state index in [2.05, 4.69) is 19.2 Å². The van der Waals surface area contributed by atoms with E-state index in [4.69, 9.17) is 4.74 Å². The van der Waals surface area contributed by atoms with Crippen molar-refractivity contribution in [1.29, 1.82) is 0 Å². The number of hydrogen-bond acceptors (Lipinski definition) is 3. The highest BCUT2D eigenvalue weighted by atomic mass is 16.5. The van der Waals surface area contributed by atoms with E-state index in [-0.39, 0.29) is 5.91 Å². The summed E-state index contributed by atoms with van der Waals surface area (Å²) < 4.78 is 5.45. The summed E-state index contributed by atoms with van der Waals surface area (Å²) in [6, 6.07) is 20.8. The number of anilines is 1. The van der Waals surface area contributed by atoms with Crippen LogP contribution >= 0.6 is 0 Å². The van der Waals surface area contributed by atoms with Gasteiger partial charge in [0, 0.05) is 5.69 Å². The summed E-state index contributed by atoms with van der Waals surface area (Å²) >= 11 is 0. The zero-order valence-corrected chi connectivity index (χ0v) is 16.4. The second kappa shape index (κ2) is 8.70. The molecule has 0 fully saturated rings. The molecule has 3 rings (SSSR count). The standard InChI is InChI=1S/C24H25NO3/c1-4-16(2)19-12-7-8-15-22(19)25-23(26)17(3)28-24(27)21-14-9-11-18-10-5-6-13-20(18)21/h5-17H,4H2,1-3H3,(H,25,26)/t16-,17-/m1/s1. The van der Waals surface area contributed by atoms with Crippen molar-refractivity contribution in [2.75, 3.05) is 5.32 Å². The fourth-order valence-electron chi connectivity index (χ4n) is 3.18. The molecule has 144 valence electrons. The van der Waals surface area contributed by atoms with Crippen molar-refractivity contribution in [3.05, 3.63) is 77.9 Å². The predicted molar refractivity (Wildman–Crippen MR) is 113 cm³/mol. The molecule has 0 radical (unpaired) electrons. The van der Waals surface area contributed by atoms with Crippen LogP contribution < -0.4 is 5.32 Å². The monoisotopic (exact) mass is 375 g/mol. The molecule has 0 aliphatic carbocycles. The predicted octanol–water partition coefficient (Wildman–Crippen LogP) is 5.54.